The van der Waals surface area contributed by atoms with Crippen LogP contribution in [0, 0.1) is 5.92 Å². The van der Waals surface area contributed by atoms with Gasteiger partial charge in [0.25, 0.3) is 0 Å². The number of nitrogens with zero attached hydrogens (tertiary/aromatic N) is 1. The van der Waals surface area contributed by atoms with Crippen LogP contribution in [0.5, 0.6) is 0 Å². The molecule has 0 spiro atoms. The molecule has 0 bridgehead atoms. The second-order valence-electron chi connectivity index (χ2n) is 1.67. The van der Waals surface area contributed by atoms with Crippen molar-refractivity contribution in [2.24, 2.45) is 10.9 Å². The quantitative estimate of drug-likeness (QED) is 0.477. The summed E-state index contributed by atoms with van der Waals surface area (Å²) in [7, 11) is 0. The zero-order valence-corrected chi connectivity index (χ0v) is 4.52. The highest BCUT2D eigenvalue weighted by Crippen LogP contribution is 1.93. The summed E-state index contributed by atoms with van der Waals surface area (Å²) in [6.45, 7) is 5.28. The molecule has 7 heavy (non-hydrogen) atoms. The van der Waals surface area contributed by atoms with Crippen molar-refractivity contribution in [3.63, 3.8) is 0 Å². The predicted octanol–water partition coefficient (Wildman–Crippen LogP) is 1.29. The SMILES string of the molecule is C=NCC(C)CF. The molecule has 0 fully saturated rings. The molecule has 0 aliphatic heterocycles. The van der Waals surface area contributed by atoms with E-state index in [9.17, 15) is 4.39 Å². The van der Waals surface area contributed by atoms with Crippen molar-refractivity contribution in [3.05, 3.63) is 0 Å². The van der Waals surface area contributed by atoms with E-state index in [1.165, 1.54) is 0 Å². The lowest BCUT2D eigenvalue weighted by Gasteiger charge is -1.97. The van der Waals surface area contributed by atoms with Crippen molar-refractivity contribution >= 4 is 6.72 Å². The second-order valence-corrected chi connectivity index (χ2v) is 1.67. The van der Waals surface area contributed by atoms with Gasteiger partial charge in [-0.05, 0) is 6.72 Å². The normalized spacial score (nSPS) is 13.4. The Balaban J connectivity index is 2.98. The van der Waals surface area contributed by atoms with E-state index in [-0.39, 0.29) is 12.6 Å². The Morgan fingerprint density at radius 3 is 2.57 bits per heavy atom. The van der Waals surface area contributed by atoms with Crippen LogP contribution in [-0.2, 0) is 0 Å². The maximum Gasteiger partial charge on any atom is 0.0937 e. The van der Waals surface area contributed by atoms with E-state index in [0.717, 1.165) is 0 Å². The van der Waals surface area contributed by atoms with Gasteiger partial charge in [0.05, 0.1) is 6.67 Å². The van der Waals surface area contributed by atoms with Crippen LogP contribution in [0.4, 0.5) is 4.39 Å². The number of hydrogen-bond donors (Lipinski definition) is 0. The molecule has 2 heteroatoms. The Morgan fingerprint density at radius 2 is 2.43 bits per heavy atom. The number of aliphatic imine (C=N–C) groups is 1. The molecule has 0 saturated carbocycles. The van der Waals surface area contributed by atoms with E-state index in [4.69, 9.17) is 0 Å². The van der Waals surface area contributed by atoms with Crippen molar-refractivity contribution < 1.29 is 4.39 Å². The number of halogens is 1. The average molecular weight is 103 g/mol. The van der Waals surface area contributed by atoms with E-state index in [2.05, 4.69) is 11.7 Å². The minimum absolute atomic E-state index is 0.0532. The van der Waals surface area contributed by atoms with Gasteiger partial charge in [-0.25, -0.2) is 0 Å². The Hall–Kier alpha value is -0.400. The summed E-state index contributed by atoms with van der Waals surface area (Å²) >= 11 is 0. The first-order valence-corrected chi connectivity index (χ1v) is 2.29. The van der Waals surface area contributed by atoms with Gasteiger partial charge in [-0.3, -0.25) is 4.39 Å². The molecule has 0 aliphatic rings. The number of rotatable bonds is 3. The molecule has 1 atom stereocenters. The van der Waals surface area contributed by atoms with Crippen LogP contribution in [0.15, 0.2) is 4.99 Å². The van der Waals surface area contributed by atoms with Gasteiger partial charge >= 0.3 is 0 Å². The van der Waals surface area contributed by atoms with Gasteiger partial charge in [0.1, 0.15) is 0 Å². The van der Waals surface area contributed by atoms with Gasteiger partial charge in [0.2, 0.25) is 0 Å². The lowest BCUT2D eigenvalue weighted by atomic mass is 10.2. The second kappa shape index (κ2) is 3.78. The Morgan fingerprint density at radius 1 is 1.86 bits per heavy atom. The monoisotopic (exact) mass is 103 g/mol. The van der Waals surface area contributed by atoms with Crippen molar-refractivity contribution in [1.29, 1.82) is 0 Å². The van der Waals surface area contributed by atoms with E-state index < -0.39 is 0 Å². The fourth-order valence-corrected chi connectivity index (χ4v) is 0.269. The summed E-state index contributed by atoms with van der Waals surface area (Å²) in [6, 6.07) is 0. The summed E-state index contributed by atoms with van der Waals surface area (Å²) in [5.74, 6) is 0.0532. The van der Waals surface area contributed by atoms with Crippen LogP contribution in [0.25, 0.3) is 0 Å². The lowest BCUT2D eigenvalue weighted by molar-refractivity contribution is 0.390. The minimum atomic E-state index is -0.293. The molecular weight excluding hydrogens is 93.1 g/mol. The molecule has 1 nitrogen and oxygen atoms in total. The molecule has 0 rings (SSSR count). The average Bonchev–Trinajstić information content (AvgIpc) is 1.68. The molecule has 0 radical (unpaired) electrons. The first-order chi connectivity index (χ1) is 3.31. The third kappa shape index (κ3) is 3.43. The van der Waals surface area contributed by atoms with Crippen molar-refractivity contribution in [2.45, 2.75) is 6.92 Å². The zero-order chi connectivity index (χ0) is 5.70. The minimum Gasteiger partial charge on any atom is -0.301 e. The van der Waals surface area contributed by atoms with Gasteiger partial charge in [-0.1, -0.05) is 6.92 Å². The molecule has 0 aromatic carbocycles. The van der Waals surface area contributed by atoms with Crippen molar-refractivity contribution in [1.82, 2.24) is 0 Å². The van der Waals surface area contributed by atoms with Gasteiger partial charge in [0, 0.05) is 12.5 Å². The van der Waals surface area contributed by atoms with E-state index in [1.807, 2.05) is 0 Å². The maximum absolute atomic E-state index is 11.5. The van der Waals surface area contributed by atoms with Crippen LogP contribution in [0.3, 0.4) is 0 Å². The van der Waals surface area contributed by atoms with E-state index in [1.54, 1.807) is 6.92 Å². The summed E-state index contributed by atoms with van der Waals surface area (Å²) in [5.41, 5.74) is 0. The van der Waals surface area contributed by atoms with Gasteiger partial charge < -0.3 is 4.99 Å². The fraction of sp³-hybridized carbons (Fsp3) is 0.800. The summed E-state index contributed by atoms with van der Waals surface area (Å²) < 4.78 is 11.5. The Kier molecular flexibility index (Phi) is 3.56. The third-order valence-corrected chi connectivity index (χ3v) is 0.704. The Labute approximate surface area is 43.3 Å². The molecule has 0 amide bonds. The molecule has 1 unspecified atom stereocenters. The first kappa shape index (κ1) is 6.60. The molecule has 0 aliphatic carbocycles. The van der Waals surface area contributed by atoms with Crippen LogP contribution < -0.4 is 0 Å². The third-order valence-electron chi connectivity index (χ3n) is 0.704. The molecule has 42 valence electrons. The molecular formula is C5H10FN. The van der Waals surface area contributed by atoms with Crippen LogP contribution in [0.1, 0.15) is 6.92 Å². The van der Waals surface area contributed by atoms with Gasteiger partial charge in [-0.15, -0.1) is 0 Å². The van der Waals surface area contributed by atoms with Crippen LogP contribution >= 0.6 is 0 Å². The summed E-state index contributed by atoms with van der Waals surface area (Å²) in [4.78, 5) is 3.52. The van der Waals surface area contributed by atoms with Crippen LogP contribution in [-0.4, -0.2) is 19.9 Å². The Bertz CT molecular complexity index is 54.0. The summed E-state index contributed by atoms with van der Waals surface area (Å²) in [6.07, 6.45) is 0. The van der Waals surface area contributed by atoms with Crippen LogP contribution in [0.2, 0.25) is 0 Å². The lowest BCUT2D eigenvalue weighted by Crippen LogP contribution is -1.99. The van der Waals surface area contributed by atoms with Gasteiger partial charge in [0.15, 0.2) is 0 Å². The molecule has 0 aromatic rings. The predicted molar refractivity (Wildman–Crippen MR) is 29.6 cm³/mol. The largest absolute Gasteiger partial charge is 0.301 e. The van der Waals surface area contributed by atoms with Gasteiger partial charge in [-0.2, -0.15) is 0 Å². The highest BCUT2D eigenvalue weighted by molar-refractivity contribution is 5.23. The van der Waals surface area contributed by atoms with E-state index >= 15 is 0 Å². The smallest absolute Gasteiger partial charge is 0.0937 e. The zero-order valence-electron chi connectivity index (χ0n) is 4.52. The van der Waals surface area contributed by atoms with Crippen molar-refractivity contribution in [2.75, 3.05) is 13.2 Å². The van der Waals surface area contributed by atoms with Crippen molar-refractivity contribution in [3.8, 4) is 0 Å². The number of hydrogen-bond acceptors (Lipinski definition) is 1. The highest BCUT2D eigenvalue weighted by atomic mass is 19.1. The highest BCUT2D eigenvalue weighted by Gasteiger charge is 1.94. The topological polar surface area (TPSA) is 12.4 Å². The first-order valence-electron chi connectivity index (χ1n) is 2.29. The standard InChI is InChI=1S/C5H10FN/c1-5(3-6)4-7-2/h5H,2-4H2,1H3. The maximum atomic E-state index is 11.5. The molecule has 0 aromatic heterocycles. The fourth-order valence-electron chi connectivity index (χ4n) is 0.269. The van der Waals surface area contributed by atoms with E-state index in [0.29, 0.717) is 6.54 Å². The number of alkyl halides is 1. The summed E-state index contributed by atoms with van der Waals surface area (Å²) in [5, 5.41) is 0. The molecule has 0 heterocycles. The molecule has 0 saturated heterocycles. The molecule has 0 N–H and O–H groups in total.